The van der Waals surface area contributed by atoms with Gasteiger partial charge >= 0.3 is 0 Å². The summed E-state index contributed by atoms with van der Waals surface area (Å²) in [6, 6.07) is 11.0. The largest absolute Gasteiger partial charge is 1.00 e. The maximum atomic E-state index is 11.8. The van der Waals surface area contributed by atoms with Gasteiger partial charge in [0.1, 0.15) is 5.75 Å². The molecular formula is C15H16ClNO3. The Kier molecular flexibility index (Phi) is 7.89. The molecular weight excluding hydrogens is 278 g/mol. The number of aromatic nitrogens is 1. The van der Waals surface area contributed by atoms with Crippen LogP contribution in [0.2, 0.25) is 0 Å². The van der Waals surface area contributed by atoms with Crippen LogP contribution in [-0.4, -0.2) is 18.4 Å². The second kappa shape index (κ2) is 8.85. The predicted octanol–water partition coefficient (Wildman–Crippen LogP) is -1.42. The first-order valence-corrected chi connectivity index (χ1v) is 5.62. The number of nitrogens with one attached hydrogen (secondary N) is 1. The van der Waals surface area contributed by atoms with Gasteiger partial charge in [-0.2, -0.15) is 0 Å². The summed E-state index contributed by atoms with van der Waals surface area (Å²) in [5, 5.41) is 0. The van der Waals surface area contributed by atoms with Gasteiger partial charge in [0.05, 0.1) is 7.11 Å². The Bertz CT molecular complexity index is 553. The molecule has 0 aliphatic heterocycles. The first-order chi connectivity index (χ1) is 8.79. The van der Waals surface area contributed by atoms with Gasteiger partial charge in [-0.1, -0.05) is 18.2 Å². The number of ether oxygens (including phenoxy) is 1. The van der Waals surface area contributed by atoms with Crippen LogP contribution in [0.5, 0.6) is 5.75 Å². The lowest BCUT2D eigenvalue weighted by molar-refractivity contribution is -0.378. The SMILES string of the molecule is COc1ccc(/C=C/C(=O)c2cc[nH+]cc2)cc1.O.[Cl-]. The standard InChI is InChI=1S/C15H13NO2.ClH.H2O/c1-18-14-5-2-12(3-6-14)4-7-15(17)13-8-10-16-11-9-13;;/h2-11H,1H3;1H;1H2/b7-4+;;. The lowest BCUT2D eigenvalue weighted by Crippen LogP contribution is -3.00. The van der Waals surface area contributed by atoms with Crippen LogP contribution < -0.4 is 22.1 Å². The molecule has 3 N–H and O–H groups in total. The molecule has 1 aromatic heterocycles. The molecule has 1 aromatic carbocycles. The van der Waals surface area contributed by atoms with Crippen LogP contribution in [0, 0.1) is 0 Å². The third kappa shape index (κ3) is 4.84. The van der Waals surface area contributed by atoms with Crippen molar-refractivity contribution in [3.05, 3.63) is 66.0 Å². The minimum absolute atomic E-state index is 0. The molecule has 1 heterocycles. The zero-order chi connectivity index (χ0) is 12.8. The molecule has 5 heteroatoms. The lowest BCUT2D eigenvalue weighted by Gasteiger charge is -1.98. The van der Waals surface area contributed by atoms with Gasteiger partial charge in [-0.05, 0) is 23.8 Å². The average molecular weight is 294 g/mol. The van der Waals surface area contributed by atoms with E-state index in [0.717, 1.165) is 11.3 Å². The molecule has 0 radical (unpaired) electrons. The number of pyridine rings is 1. The summed E-state index contributed by atoms with van der Waals surface area (Å²) in [4.78, 5) is 14.7. The van der Waals surface area contributed by atoms with Crippen molar-refractivity contribution in [1.29, 1.82) is 0 Å². The summed E-state index contributed by atoms with van der Waals surface area (Å²) in [7, 11) is 1.63. The molecule has 0 aliphatic rings. The number of H-pyrrole nitrogens is 1. The van der Waals surface area contributed by atoms with Crippen LogP contribution in [-0.2, 0) is 0 Å². The molecule has 106 valence electrons. The van der Waals surface area contributed by atoms with E-state index in [1.807, 2.05) is 24.3 Å². The van der Waals surface area contributed by atoms with E-state index in [0.29, 0.717) is 5.56 Å². The third-order valence-corrected chi connectivity index (χ3v) is 2.55. The maximum Gasteiger partial charge on any atom is 0.186 e. The molecule has 0 bridgehead atoms. The lowest BCUT2D eigenvalue weighted by atomic mass is 10.1. The quantitative estimate of drug-likeness (QED) is 0.513. The van der Waals surface area contributed by atoms with Crippen molar-refractivity contribution < 1.29 is 32.4 Å². The number of ketones is 1. The molecule has 0 amide bonds. The minimum Gasteiger partial charge on any atom is -1.00 e. The molecule has 0 atom stereocenters. The van der Waals surface area contributed by atoms with E-state index in [1.165, 1.54) is 0 Å². The zero-order valence-electron chi connectivity index (χ0n) is 11.0. The fourth-order valence-corrected chi connectivity index (χ4v) is 1.53. The number of allylic oxidation sites excluding steroid dienone is 1. The fraction of sp³-hybridized carbons (Fsp3) is 0.0667. The Morgan fingerprint density at radius 2 is 1.70 bits per heavy atom. The average Bonchev–Trinajstić information content (AvgIpc) is 2.46. The van der Waals surface area contributed by atoms with Crippen molar-refractivity contribution in [3.63, 3.8) is 0 Å². The molecule has 20 heavy (non-hydrogen) atoms. The number of carbonyl (C=O) groups is 1. The topological polar surface area (TPSA) is 71.9 Å². The first-order valence-electron chi connectivity index (χ1n) is 5.62. The van der Waals surface area contributed by atoms with E-state index in [9.17, 15) is 4.79 Å². The smallest absolute Gasteiger partial charge is 0.186 e. The van der Waals surface area contributed by atoms with Gasteiger partial charge in [-0.15, -0.1) is 0 Å². The molecule has 4 nitrogen and oxygen atoms in total. The first kappa shape index (κ1) is 17.8. The molecule has 0 aliphatic carbocycles. The van der Waals surface area contributed by atoms with Crippen molar-refractivity contribution in [2.75, 3.05) is 7.11 Å². The van der Waals surface area contributed by atoms with E-state index >= 15 is 0 Å². The highest BCUT2D eigenvalue weighted by Crippen LogP contribution is 2.12. The maximum absolute atomic E-state index is 11.8. The summed E-state index contributed by atoms with van der Waals surface area (Å²) in [6.45, 7) is 0. The van der Waals surface area contributed by atoms with Gasteiger partial charge in [0.2, 0.25) is 0 Å². The Morgan fingerprint density at radius 1 is 1.10 bits per heavy atom. The highest BCUT2D eigenvalue weighted by molar-refractivity contribution is 6.06. The van der Waals surface area contributed by atoms with Crippen LogP contribution >= 0.6 is 0 Å². The van der Waals surface area contributed by atoms with E-state index in [1.54, 1.807) is 43.8 Å². The molecule has 0 saturated heterocycles. The van der Waals surface area contributed by atoms with Gasteiger partial charge in [0.25, 0.3) is 0 Å². The molecule has 2 rings (SSSR count). The van der Waals surface area contributed by atoms with E-state index in [4.69, 9.17) is 4.74 Å². The van der Waals surface area contributed by atoms with Crippen LogP contribution in [0.4, 0.5) is 0 Å². The summed E-state index contributed by atoms with van der Waals surface area (Å²) < 4.78 is 5.07. The minimum atomic E-state index is -0.0141. The number of carbonyl (C=O) groups excluding carboxylic acids is 1. The highest BCUT2D eigenvalue weighted by Gasteiger charge is 2.01. The second-order valence-corrected chi connectivity index (χ2v) is 3.76. The summed E-state index contributed by atoms with van der Waals surface area (Å²) in [6.07, 6.45) is 6.82. The van der Waals surface area contributed by atoms with Gasteiger partial charge < -0.3 is 22.6 Å². The monoisotopic (exact) mass is 293 g/mol. The number of rotatable bonds is 4. The Hall–Kier alpha value is -2.17. The van der Waals surface area contributed by atoms with Gasteiger partial charge in [0, 0.05) is 17.7 Å². The van der Waals surface area contributed by atoms with E-state index < -0.39 is 0 Å². The van der Waals surface area contributed by atoms with Gasteiger partial charge in [-0.25, -0.2) is 4.98 Å². The molecule has 0 fully saturated rings. The van der Waals surface area contributed by atoms with Crippen molar-refractivity contribution in [2.45, 2.75) is 0 Å². The van der Waals surface area contributed by atoms with Crippen molar-refractivity contribution in [1.82, 2.24) is 0 Å². The highest BCUT2D eigenvalue weighted by atomic mass is 35.5. The van der Waals surface area contributed by atoms with Crippen LogP contribution in [0.15, 0.2) is 54.9 Å². The Balaban J connectivity index is 0.00000180. The van der Waals surface area contributed by atoms with Crippen LogP contribution in [0.3, 0.4) is 0 Å². The van der Waals surface area contributed by atoms with Crippen LogP contribution in [0.1, 0.15) is 15.9 Å². The number of hydrogen-bond donors (Lipinski definition) is 0. The Labute approximate surface area is 123 Å². The second-order valence-electron chi connectivity index (χ2n) is 3.76. The predicted molar refractivity (Wildman–Crippen MR) is 73.0 cm³/mol. The number of benzene rings is 1. The van der Waals surface area contributed by atoms with Crippen molar-refractivity contribution >= 4 is 11.9 Å². The third-order valence-electron chi connectivity index (χ3n) is 2.55. The van der Waals surface area contributed by atoms with Crippen LogP contribution in [0.25, 0.3) is 6.08 Å². The number of halogens is 1. The number of methoxy groups -OCH3 is 1. The molecule has 0 saturated carbocycles. The fourth-order valence-electron chi connectivity index (χ4n) is 1.53. The van der Waals surface area contributed by atoms with E-state index in [2.05, 4.69) is 4.98 Å². The number of aromatic amines is 1. The molecule has 0 spiro atoms. The zero-order valence-corrected chi connectivity index (χ0v) is 11.7. The molecule has 2 aromatic rings. The Morgan fingerprint density at radius 3 is 2.25 bits per heavy atom. The number of hydrogen-bond acceptors (Lipinski definition) is 2. The summed E-state index contributed by atoms with van der Waals surface area (Å²) >= 11 is 0. The summed E-state index contributed by atoms with van der Waals surface area (Å²) in [5.41, 5.74) is 1.63. The molecule has 0 unspecified atom stereocenters. The van der Waals surface area contributed by atoms with Crippen molar-refractivity contribution in [2.24, 2.45) is 0 Å². The van der Waals surface area contributed by atoms with Gasteiger partial charge in [-0.3, -0.25) is 4.79 Å². The normalized spacial score (nSPS) is 9.45. The van der Waals surface area contributed by atoms with Crippen molar-refractivity contribution in [3.8, 4) is 5.75 Å². The van der Waals surface area contributed by atoms with E-state index in [-0.39, 0.29) is 23.7 Å². The summed E-state index contributed by atoms with van der Waals surface area (Å²) in [5.74, 6) is 0.789. The van der Waals surface area contributed by atoms with Gasteiger partial charge in [0.15, 0.2) is 18.2 Å².